The molecule has 2 nitrogen and oxygen atoms in total. The molecule has 0 fully saturated rings. The molecule has 0 heterocycles. The zero-order valence-corrected chi connectivity index (χ0v) is 13.9. The van der Waals surface area contributed by atoms with E-state index in [1.165, 1.54) is 0 Å². The first-order valence-corrected chi connectivity index (χ1v) is 7.66. The van der Waals surface area contributed by atoms with Crippen molar-refractivity contribution in [3.63, 3.8) is 0 Å². The molecule has 0 radical (unpaired) electrons. The van der Waals surface area contributed by atoms with Crippen molar-refractivity contribution in [2.24, 2.45) is 0 Å². The van der Waals surface area contributed by atoms with E-state index in [4.69, 9.17) is 23.2 Å². The maximum atomic E-state index is 10.2. The third kappa shape index (κ3) is 3.67. The number of aliphatic hydroxyl groups excluding tert-OH is 1. The molecule has 1 unspecified atom stereocenters. The van der Waals surface area contributed by atoms with Crippen LogP contribution in [0.3, 0.4) is 0 Å². The van der Waals surface area contributed by atoms with Gasteiger partial charge in [0, 0.05) is 32.3 Å². The average molecular weight is 375 g/mol. The Balaban J connectivity index is 2.10. The summed E-state index contributed by atoms with van der Waals surface area (Å²) in [5.41, 5.74) is 2.68. The fourth-order valence-corrected chi connectivity index (χ4v) is 2.70. The van der Waals surface area contributed by atoms with Gasteiger partial charge < -0.3 is 10.4 Å². The van der Waals surface area contributed by atoms with Gasteiger partial charge >= 0.3 is 0 Å². The minimum atomic E-state index is -0.728. The molecule has 20 heavy (non-hydrogen) atoms. The standard InChI is InChI=1S/C15H14BrCl2NO/c1-9-3-2-4-13(15(9)16)19-8-14(20)11-7-10(17)5-6-12(11)18/h2-7,14,19-20H,8H2,1H3. The van der Waals surface area contributed by atoms with Crippen molar-refractivity contribution in [2.45, 2.75) is 13.0 Å². The summed E-state index contributed by atoms with van der Waals surface area (Å²) in [4.78, 5) is 0. The predicted molar refractivity (Wildman–Crippen MR) is 88.8 cm³/mol. The van der Waals surface area contributed by atoms with Crippen LogP contribution in [-0.4, -0.2) is 11.7 Å². The van der Waals surface area contributed by atoms with Crippen molar-refractivity contribution >= 4 is 44.8 Å². The summed E-state index contributed by atoms with van der Waals surface area (Å²) < 4.78 is 0.990. The van der Waals surface area contributed by atoms with Crippen LogP contribution in [-0.2, 0) is 0 Å². The van der Waals surface area contributed by atoms with E-state index in [1.54, 1.807) is 18.2 Å². The second-order valence-electron chi connectivity index (χ2n) is 4.50. The molecule has 0 bridgehead atoms. The van der Waals surface area contributed by atoms with Crippen LogP contribution >= 0.6 is 39.1 Å². The molecule has 0 aliphatic heterocycles. The Morgan fingerprint density at radius 3 is 2.75 bits per heavy atom. The van der Waals surface area contributed by atoms with E-state index >= 15 is 0 Å². The van der Waals surface area contributed by atoms with E-state index in [-0.39, 0.29) is 0 Å². The van der Waals surface area contributed by atoms with Crippen LogP contribution in [0.25, 0.3) is 0 Å². The van der Waals surface area contributed by atoms with E-state index in [0.717, 1.165) is 15.7 Å². The van der Waals surface area contributed by atoms with E-state index in [0.29, 0.717) is 22.2 Å². The van der Waals surface area contributed by atoms with Crippen molar-refractivity contribution in [3.8, 4) is 0 Å². The quantitative estimate of drug-likeness (QED) is 0.769. The lowest BCUT2D eigenvalue weighted by atomic mass is 10.1. The van der Waals surface area contributed by atoms with Gasteiger partial charge in [-0.3, -0.25) is 0 Å². The number of hydrogen-bond donors (Lipinski definition) is 2. The van der Waals surface area contributed by atoms with Crippen molar-refractivity contribution in [1.82, 2.24) is 0 Å². The van der Waals surface area contributed by atoms with E-state index in [1.807, 2.05) is 25.1 Å². The lowest BCUT2D eigenvalue weighted by Crippen LogP contribution is -2.13. The van der Waals surface area contributed by atoms with Crippen LogP contribution < -0.4 is 5.32 Å². The molecule has 0 amide bonds. The second-order valence-corrected chi connectivity index (χ2v) is 6.14. The lowest BCUT2D eigenvalue weighted by molar-refractivity contribution is 0.191. The summed E-state index contributed by atoms with van der Waals surface area (Å²) in [6, 6.07) is 11.0. The summed E-state index contributed by atoms with van der Waals surface area (Å²) in [5.74, 6) is 0. The number of benzene rings is 2. The zero-order chi connectivity index (χ0) is 14.7. The van der Waals surface area contributed by atoms with Crippen molar-refractivity contribution in [1.29, 1.82) is 0 Å². The maximum Gasteiger partial charge on any atom is 0.0977 e. The molecule has 0 spiro atoms. The fourth-order valence-electron chi connectivity index (χ4n) is 1.87. The molecule has 2 N–H and O–H groups in total. The number of rotatable bonds is 4. The van der Waals surface area contributed by atoms with E-state index in [2.05, 4.69) is 21.2 Å². The highest BCUT2D eigenvalue weighted by Crippen LogP contribution is 2.29. The molecule has 0 aliphatic rings. The van der Waals surface area contributed by atoms with Gasteiger partial charge in [-0.2, -0.15) is 0 Å². The molecule has 0 aliphatic carbocycles. The highest BCUT2D eigenvalue weighted by atomic mass is 79.9. The summed E-state index contributed by atoms with van der Waals surface area (Å²) in [5, 5.41) is 14.5. The Bertz CT molecular complexity index is 619. The normalized spacial score (nSPS) is 12.2. The van der Waals surface area contributed by atoms with Gasteiger partial charge in [0.15, 0.2) is 0 Å². The molecular formula is C15H14BrCl2NO. The molecule has 2 rings (SSSR count). The van der Waals surface area contributed by atoms with Crippen molar-refractivity contribution in [3.05, 3.63) is 62.0 Å². The number of anilines is 1. The van der Waals surface area contributed by atoms with Gasteiger partial charge in [-0.15, -0.1) is 0 Å². The second kappa shape index (κ2) is 6.81. The first kappa shape index (κ1) is 15.6. The van der Waals surface area contributed by atoms with Gasteiger partial charge in [0.2, 0.25) is 0 Å². The summed E-state index contributed by atoms with van der Waals surface area (Å²) >= 11 is 15.5. The Kier molecular flexibility index (Phi) is 5.33. The van der Waals surface area contributed by atoms with Gasteiger partial charge in [0.05, 0.1) is 6.10 Å². The van der Waals surface area contributed by atoms with Crippen LogP contribution in [0.1, 0.15) is 17.2 Å². The van der Waals surface area contributed by atoms with E-state index in [9.17, 15) is 5.11 Å². The number of nitrogens with one attached hydrogen (secondary N) is 1. The topological polar surface area (TPSA) is 32.3 Å². The van der Waals surface area contributed by atoms with Gasteiger partial charge in [-0.25, -0.2) is 0 Å². The lowest BCUT2D eigenvalue weighted by Gasteiger charge is -2.16. The van der Waals surface area contributed by atoms with Gasteiger partial charge in [0.25, 0.3) is 0 Å². The summed E-state index contributed by atoms with van der Waals surface area (Å²) in [6.45, 7) is 2.36. The fraction of sp³-hybridized carbons (Fsp3) is 0.200. The minimum Gasteiger partial charge on any atom is -0.387 e. The monoisotopic (exact) mass is 373 g/mol. The predicted octanol–water partition coefficient (Wildman–Crippen LogP) is 5.21. The average Bonchev–Trinajstić information content (AvgIpc) is 2.43. The van der Waals surface area contributed by atoms with Gasteiger partial charge in [-0.1, -0.05) is 35.3 Å². The molecule has 106 valence electrons. The number of halogens is 3. The first-order valence-electron chi connectivity index (χ1n) is 6.11. The van der Waals surface area contributed by atoms with Crippen LogP contribution in [0.4, 0.5) is 5.69 Å². The van der Waals surface area contributed by atoms with Crippen molar-refractivity contribution in [2.75, 3.05) is 11.9 Å². The largest absolute Gasteiger partial charge is 0.387 e. The Labute approximate surface area is 136 Å². The maximum absolute atomic E-state index is 10.2. The SMILES string of the molecule is Cc1cccc(NCC(O)c2cc(Cl)ccc2Cl)c1Br. The van der Waals surface area contributed by atoms with Gasteiger partial charge in [-0.05, 0) is 52.7 Å². The van der Waals surface area contributed by atoms with Crippen LogP contribution in [0.2, 0.25) is 10.0 Å². The zero-order valence-electron chi connectivity index (χ0n) is 10.8. The molecule has 0 saturated carbocycles. The molecular weight excluding hydrogens is 361 g/mol. The van der Waals surface area contributed by atoms with Gasteiger partial charge in [0.1, 0.15) is 0 Å². The highest BCUT2D eigenvalue weighted by Gasteiger charge is 2.13. The Morgan fingerprint density at radius 2 is 2.00 bits per heavy atom. The first-order chi connectivity index (χ1) is 9.49. The smallest absolute Gasteiger partial charge is 0.0977 e. The third-order valence-electron chi connectivity index (χ3n) is 2.99. The van der Waals surface area contributed by atoms with Crippen LogP contribution in [0, 0.1) is 6.92 Å². The summed E-state index contributed by atoms with van der Waals surface area (Å²) in [7, 11) is 0. The molecule has 0 aromatic heterocycles. The molecule has 2 aromatic rings. The number of hydrogen-bond acceptors (Lipinski definition) is 2. The number of aryl methyl sites for hydroxylation is 1. The Hall–Kier alpha value is -0.740. The molecule has 0 saturated heterocycles. The van der Waals surface area contributed by atoms with Crippen LogP contribution in [0.5, 0.6) is 0 Å². The third-order valence-corrected chi connectivity index (χ3v) is 4.63. The summed E-state index contributed by atoms with van der Waals surface area (Å²) in [6.07, 6.45) is -0.728. The Morgan fingerprint density at radius 1 is 1.25 bits per heavy atom. The molecule has 5 heteroatoms. The van der Waals surface area contributed by atoms with Crippen LogP contribution in [0.15, 0.2) is 40.9 Å². The highest BCUT2D eigenvalue weighted by molar-refractivity contribution is 9.10. The minimum absolute atomic E-state index is 0.349. The molecule has 1 atom stereocenters. The van der Waals surface area contributed by atoms with Crippen molar-refractivity contribution < 1.29 is 5.11 Å². The number of aliphatic hydroxyl groups is 1. The van der Waals surface area contributed by atoms with E-state index < -0.39 is 6.10 Å². The molecule has 2 aromatic carbocycles.